The number of carbonyl (C=O) groups is 3. The molecular formula is C23H22ClN3O4S2. The van der Waals surface area contributed by atoms with E-state index in [-0.39, 0.29) is 16.8 Å². The molecule has 1 aliphatic heterocycles. The van der Waals surface area contributed by atoms with E-state index in [2.05, 4.69) is 5.43 Å². The van der Waals surface area contributed by atoms with Crippen molar-refractivity contribution >= 4 is 63.7 Å². The molecule has 2 aromatic carbocycles. The minimum Gasteiger partial charge on any atom is -0.484 e. The number of rotatable bonds is 8. The van der Waals surface area contributed by atoms with Crippen LogP contribution >= 0.6 is 35.6 Å². The lowest BCUT2D eigenvalue weighted by atomic mass is 10.2. The predicted molar refractivity (Wildman–Crippen MR) is 134 cm³/mol. The number of benzene rings is 2. The number of thioether (sulfide) groups is 1. The third-order valence-electron chi connectivity index (χ3n) is 4.75. The van der Waals surface area contributed by atoms with Gasteiger partial charge in [-0.3, -0.25) is 19.8 Å². The average molecular weight is 504 g/mol. The monoisotopic (exact) mass is 503 g/mol. The van der Waals surface area contributed by atoms with Crippen LogP contribution in [0.3, 0.4) is 0 Å². The van der Waals surface area contributed by atoms with Crippen molar-refractivity contribution in [2.45, 2.75) is 13.8 Å². The van der Waals surface area contributed by atoms with Gasteiger partial charge in [0.2, 0.25) is 0 Å². The first-order valence-electron chi connectivity index (χ1n) is 10.2. The number of nitrogens with zero attached hydrogens (tertiary/aromatic N) is 2. The Morgan fingerprint density at radius 1 is 1.18 bits per heavy atom. The molecule has 2 aromatic rings. The van der Waals surface area contributed by atoms with Gasteiger partial charge in [0.05, 0.1) is 4.91 Å². The molecule has 1 saturated heterocycles. The van der Waals surface area contributed by atoms with E-state index in [1.807, 2.05) is 13.8 Å². The van der Waals surface area contributed by atoms with Gasteiger partial charge >= 0.3 is 0 Å². The SMILES string of the molecule is CCN(CC)C(=O)COc1ccc(/C=C2/SC(=S)N(NC(=O)c3cccc(Cl)c3)C2=O)cc1. The molecule has 1 aliphatic rings. The molecule has 0 radical (unpaired) electrons. The molecule has 172 valence electrons. The lowest BCUT2D eigenvalue weighted by Gasteiger charge is -2.18. The van der Waals surface area contributed by atoms with Crippen LogP contribution in [0.15, 0.2) is 53.4 Å². The fourth-order valence-electron chi connectivity index (χ4n) is 2.98. The highest BCUT2D eigenvalue weighted by Crippen LogP contribution is 2.31. The second-order valence-electron chi connectivity index (χ2n) is 6.89. The molecule has 3 rings (SSSR count). The molecule has 7 nitrogen and oxygen atoms in total. The highest BCUT2D eigenvalue weighted by atomic mass is 35.5. The van der Waals surface area contributed by atoms with Crippen molar-refractivity contribution in [3.63, 3.8) is 0 Å². The Morgan fingerprint density at radius 3 is 2.52 bits per heavy atom. The van der Waals surface area contributed by atoms with Crippen LogP contribution in [0.1, 0.15) is 29.8 Å². The summed E-state index contributed by atoms with van der Waals surface area (Å²) in [5.74, 6) is -0.442. The zero-order valence-electron chi connectivity index (χ0n) is 18.0. The van der Waals surface area contributed by atoms with Gasteiger partial charge in [-0.1, -0.05) is 41.6 Å². The van der Waals surface area contributed by atoms with E-state index in [1.165, 1.54) is 6.07 Å². The van der Waals surface area contributed by atoms with Crippen LogP contribution < -0.4 is 10.2 Å². The standard InChI is InChI=1S/C23H22ClN3O4S2/c1-3-26(4-2)20(28)14-31-18-10-8-15(9-11-18)12-19-22(30)27(23(32)33-19)25-21(29)16-6-5-7-17(24)13-16/h5-13H,3-4,14H2,1-2H3,(H,25,29)/b19-12+. The maximum absolute atomic E-state index is 12.8. The van der Waals surface area contributed by atoms with E-state index in [1.54, 1.807) is 53.4 Å². The molecule has 0 atom stereocenters. The minimum absolute atomic E-state index is 0.0357. The first-order chi connectivity index (χ1) is 15.8. The van der Waals surface area contributed by atoms with Gasteiger partial charge in [-0.15, -0.1) is 0 Å². The van der Waals surface area contributed by atoms with Crippen LogP contribution in [0.4, 0.5) is 0 Å². The summed E-state index contributed by atoms with van der Waals surface area (Å²) in [5.41, 5.74) is 3.58. The molecule has 1 N–H and O–H groups in total. The van der Waals surface area contributed by atoms with Gasteiger partial charge in [0, 0.05) is 23.7 Å². The van der Waals surface area contributed by atoms with Gasteiger partial charge < -0.3 is 9.64 Å². The Bertz CT molecular complexity index is 1100. The van der Waals surface area contributed by atoms with E-state index >= 15 is 0 Å². The van der Waals surface area contributed by atoms with Crippen LogP contribution in [0, 0.1) is 0 Å². The second-order valence-corrected chi connectivity index (χ2v) is 9.00. The zero-order valence-corrected chi connectivity index (χ0v) is 20.4. The zero-order chi connectivity index (χ0) is 24.0. The molecule has 1 fully saturated rings. The van der Waals surface area contributed by atoms with Gasteiger partial charge in [-0.05, 0) is 68.0 Å². The molecule has 0 spiro atoms. The number of thiocarbonyl (C=S) groups is 1. The number of hydrogen-bond donors (Lipinski definition) is 1. The fourth-order valence-corrected chi connectivity index (χ4v) is 4.35. The quantitative estimate of drug-likeness (QED) is 0.431. The number of carbonyl (C=O) groups excluding carboxylic acids is 3. The molecule has 0 aromatic heterocycles. The Kier molecular flexibility index (Phi) is 8.49. The maximum Gasteiger partial charge on any atom is 0.285 e. The van der Waals surface area contributed by atoms with Crippen LogP contribution in [0.25, 0.3) is 6.08 Å². The minimum atomic E-state index is -0.490. The van der Waals surface area contributed by atoms with Gasteiger partial charge in [0.1, 0.15) is 5.75 Å². The van der Waals surface area contributed by atoms with Crippen molar-refractivity contribution < 1.29 is 19.1 Å². The summed E-state index contributed by atoms with van der Waals surface area (Å²) in [7, 11) is 0. The summed E-state index contributed by atoms with van der Waals surface area (Å²) in [4.78, 5) is 39.3. The number of hydrazine groups is 1. The van der Waals surface area contributed by atoms with E-state index < -0.39 is 11.8 Å². The number of nitrogens with one attached hydrogen (secondary N) is 1. The van der Waals surface area contributed by atoms with Crippen LogP contribution in [0.5, 0.6) is 5.75 Å². The lowest BCUT2D eigenvalue weighted by molar-refractivity contribution is -0.133. The number of ether oxygens (including phenoxy) is 1. The van der Waals surface area contributed by atoms with E-state index in [0.717, 1.165) is 22.3 Å². The molecule has 3 amide bonds. The first kappa shape index (κ1) is 24.8. The normalized spacial score (nSPS) is 14.5. The van der Waals surface area contributed by atoms with Gasteiger partial charge in [-0.25, -0.2) is 0 Å². The van der Waals surface area contributed by atoms with Crippen molar-refractivity contribution in [1.29, 1.82) is 0 Å². The Balaban J connectivity index is 1.63. The Hall–Kier alpha value is -2.88. The summed E-state index contributed by atoms with van der Waals surface area (Å²) < 4.78 is 5.78. The summed E-state index contributed by atoms with van der Waals surface area (Å²) in [5, 5.41) is 1.46. The number of amides is 3. The molecule has 0 aliphatic carbocycles. The Morgan fingerprint density at radius 2 is 1.88 bits per heavy atom. The van der Waals surface area contributed by atoms with Gasteiger partial charge in [-0.2, -0.15) is 5.01 Å². The summed E-state index contributed by atoms with van der Waals surface area (Å²) >= 11 is 12.3. The predicted octanol–water partition coefficient (Wildman–Crippen LogP) is 4.13. The molecule has 10 heteroatoms. The van der Waals surface area contributed by atoms with Gasteiger partial charge in [0.25, 0.3) is 17.7 Å². The summed E-state index contributed by atoms with van der Waals surface area (Å²) in [6, 6.07) is 13.4. The maximum atomic E-state index is 12.8. The Labute approximate surface area is 206 Å². The lowest BCUT2D eigenvalue weighted by Crippen LogP contribution is -2.44. The number of halogens is 1. The van der Waals surface area contributed by atoms with Crippen LogP contribution in [-0.4, -0.2) is 51.6 Å². The summed E-state index contributed by atoms with van der Waals surface area (Å²) in [6.07, 6.45) is 1.68. The largest absolute Gasteiger partial charge is 0.484 e. The number of hydrogen-bond acceptors (Lipinski definition) is 6. The highest BCUT2D eigenvalue weighted by Gasteiger charge is 2.33. The summed E-state index contributed by atoms with van der Waals surface area (Å²) in [6.45, 7) is 5.07. The molecule has 0 unspecified atom stereocenters. The first-order valence-corrected chi connectivity index (χ1v) is 11.8. The van der Waals surface area contributed by atoms with Crippen molar-refractivity contribution in [3.8, 4) is 5.75 Å². The van der Waals surface area contributed by atoms with E-state index in [4.69, 9.17) is 28.6 Å². The molecule has 0 saturated carbocycles. The average Bonchev–Trinajstić information content (AvgIpc) is 3.06. The molecular weight excluding hydrogens is 482 g/mol. The number of likely N-dealkylation sites (N-methyl/N-ethyl adjacent to an activating group) is 1. The second kappa shape index (κ2) is 11.3. The van der Waals surface area contributed by atoms with Crippen LogP contribution in [0.2, 0.25) is 5.02 Å². The molecule has 0 bridgehead atoms. The molecule has 33 heavy (non-hydrogen) atoms. The molecule has 1 heterocycles. The van der Waals surface area contributed by atoms with E-state index in [0.29, 0.717) is 34.3 Å². The fraction of sp³-hybridized carbons (Fsp3) is 0.217. The van der Waals surface area contributed by atoms with Crippen molar-refractivity contribution in [1.82, 2.24) is 15.3 Å². The third-order valence-corrected chi connectivity index (χ3v) is 6.29. The van der Waals surface area contributed by atoms with Crippen molar-refractivity contribution in [2.75, 3.05) is 19.7 Å². The van der Waals surface area contributed by atoms with Gasteiger partial charge in [0.15, 0.2) is 10.9 Å². The topological polar surface area (TPSA) is 79.0 Å². The third kappa shape index (κ3) is 6.34. The highest BCUT2D eigenvalue weighted by molar-refractivity contribution is 8.26. The van der Waals surface area contributed by atoms with Crippen LogP contribution in [-0.2, 0) is 9.59 Å². The smallest absolute Gasteiger partial charge is 0.285 e. The van der Waals surface area contributed by atoms with E-state index in [9.17, 15) is 14.4 Å². The van der Waals surface area contributed by atoms with Crippen molar-refractivity contribution in [2.24, 2.45) is 0 Å². The van der Waals surface area contributed by atoms with Crippen molar-refractivity contribution in [3.05, 3.63) is 69.6 Å².